The lowest BCUT2D eigenvalue weighted by Crippen LogP contribution is -2.32. The van der Waals surface area contributed by atoms with E-state index in [1.54, 1.807) is 0 Å². The molecule has 0 N–H and O–H groups in total. The molecule has 13 rings (SSSR count). The van der Waals surface area contributed by atoms with Crippen LogP contribution in [-0.2, 0) is 5.41 Å². The molecule has 11 aromatic rings. The summed E-state index contributed by atoms with van der Waals surface area (Å²) in [5, 5.41) is 2.42. The van der Waals surface area contributed by atoms with E-state index in [4.69, 9.17) is 19.7 Å². The minimum atomic E-state index is -0.574. The van der Waals surface area contributed by atoms with Crippen molar-refractivity contribution in [2.45, 2.75) is 5.41 Å². The highest BCUT2D eigenvalue weighted by atomic mass is 16.5. The average molecular weight is 805 g/mol. The highest BCUT2D eigenvalue weighted by Crippen LogP contribution is 2.63. The molecule has 0 radical (unpaired) electrons. The number of ether oxygens (including phenoxy) is 1. The molecular formula is C58H36N4O. The molecule has 1 spiro atoms. The Labute approximate surface area is 364 Å². The van der Waals surface area contributed by atoms with Crippen molar-refractivity contribution in [2.24, 2.45) is 0 Å². The lowest BCUT2D eigenvalue weighted by atomic mass is 9.66. The minimum Gasteiger partial charge on any atom is -0.457 e. The van der Waals surface area contributed by atoms with Crippen molar-refractivity contribution in [1.29, 1.82) is 0 Å². The second-order valence-corrected chi connectivity index (χ2v) is 16.3. The molecule has 0 amide bonds. The average Bonchev–Trinajstić information content (AvgIpc) is 3.85. The number of benzene rings is 9. The second kappa shape index (κ2) is 13.8. The number of para-hydroxylation sites is 3. The van der Waals surface area contributed by atoms with Gasteiger partial charge in [-0.15, -0.1) is 0 Å². The summed E-state index contributed by atoms with van der Waals surface area (Å²) in [5.74, 6) is 3.66. The third-order valence-electron chi connectivity index (χ3n) is 12.9. The molecule has 2 aliphatic rings. The van der Waals surface area contributed by atoms with Crippen LogP contribution in [0.3, 0.4) is 0 Å². The van der Waals surface area contributed by atoms with Crippen molar-refractivity contribution in [3.8, 4) is 73.6 Å². The van der Waals surface area contributed by atoms with Crippen LogP contribution in [0.25, 0.3) is 83.9 Å². The van der Waals surface area contributed by atoms with Gasteiger partial charge in [-0.25, -0.2) is 15.0 Å². The molecule has 0 atom stereocenters. The molecule has 0 bridgehead atoms. The Kier molecular flexibility index (Phi) is 7.75. The molecule has 1 aliphatic heterocycles. The van der Waals surface area contributed by atoms with Gasteiger partial charge < -0.3 is 9.30 Å². The molecule has 5 heteroatoms. The summed E-state index contributed by atoms with van der Waals surface area (Å²) in [4.78, 5) is 15.3. The monoisotopic (exact) mass is 804 g/mol. The maximum atomic E-state index is 6.66. The molecule has 2 aromatic heterocycles. The van der Waals surface area contributed by atoms with Gasteiger partial charge in [0, 0.05) is 49.8 Å². The summed E-state index contributed by atoms with van der Waals surface area (Å²) in [6.45, 7) is 0. The molecule has 0 saturated heterocycles. The first-order valence-corrected chi connectivity index (χ1v) is 21.4. The molecule has 294 valence electrons. The predicted molar refractivity (Wildman–Crippen MR) is 253 cm³/mol. The van der Waals surface area contributed by atoms with E-state index < -0.39 is 5.41 Å². The van der Waals surface area contributed by atoms with Crippen molar-refractivity contribution >= 4 is 21.8 Å². The van der Waals surface area contributed by atoms with Crippen LogP contribution in [0.5, 0.6) is 11.5 Å². The zero-order valence-corrected chi connectivity index (χ0v) is 34.0. The summed E-state index contributed by atoms with van der Waals surface area (Å²) >= 11 is 0. The standard InChI is InChI=1S/C58H36N4O/c1-3-18-37(19-4-1)55-59-56(38-20-5-2-6-21-38)61-57(60-55)44-26-8-7-24-41(44)39-22-17-23-40(36-39)62-50-31-14-10-25-42(50)43-34-35-49-53(54(43)62)45-27-9-11-28-46(45)58(49)47-29-12-15-32-51(47)63-52-33-16-13-30-48(52)58/h1-36H. The molecular weight excluding hydrogens is 769 g/mol. The number of hydrogen-bond acceptors (Lipinski definition) is 4. The smallest absolute Gasteiger partial charge is 0.164 e. The van der Waals surface area contributed by atoms with E-state index >= 15 is 0 Å². The second-order valence-electron chi connectivity index (χ2n) is 16.3. The van der Waals surface area contributed by atoms with Gasteiger partial charge in [-0.1, -0.05) is 188 Å². The van der Waals surface area contributed by atoms with Gasteiger partial charge in [-0.05, 0) is 58.1 Å². The minimum absolute atomic E-state index is 0.574. The number of rotatable bonds is 5. The topological polar surface area (TPSA) is 52.8 Å². The maximum Gasteiger partial charge on any atom is 0.164 e. The van der Waals surface area contributed by atoms with E-state index in [0.29, 0.717) is 17.5 Å². The van der Waals surface area contributed by atoms with Crippen LogP contribution in [0.2, 0.25) is 0 Å². The van der Waals surface area contributed by atoms with Gasteiger partial charge in [0.25, 0.3) is 0 Å². The Morgan fingerprint density at radius 3 is 1.60 bits per heavy atom. The van der Waals surface area contributed by atoms with E-state index in [2.05, 4.69) is 162 Å². The summed E-state index contributed by atoms with van der Waals surface area (Å²) in [6.07, 6.45) is 0. The molecule has 1 aliphatic carbocycles. The first-order chi connectivity index (χ1) is 31.3. The third-order valence-corrected chi connectivity index (χ3v) is 12.9. The van der Waals surface area contributed by atoms with Gasteiger partial charge in [0.05, 0.1) is 16.4 Å². The summed E-state index contributed by atoms with van der Waals surface area (Å²) in [5.41, 5.74) is 15.0. The molecule has 63 heavy (non-hydrogen) atoms. The van der Waals surface area contributed by atoms with Crippen LogP contribution in [-0.4, -0.2) is 19.5 Å². The van der Waals surface area contributed by atoms with Gasteiger partial charge >= 0.3 is 0 Å². The van der Waals surface area contributed by atoms with Crippen LogP contribution in [0.4, 0.5) is 0 Å². The molecule has 0 fully saturated rings. The van der Waals surface area contributed by atoms with Gasteiger partial charge in [0.2, 0.25) is 0 Å². The first kappa shape index (κ1) is 35.4. The van der Waals surface area contributed by atoms with Gasteiger partial charge in [0.15, 0.2) is 17.5 Å². The Hall–Kier alpha value is -8.41. The van der Waals surface area contributed by atoms with E-state index in [9.17, 15) is 0 Å². The van der Waals surface area contributed by atoms with E-state index in [0.717, 1.165) is 61.6 Å². The molecule has 5 nitrogen and oxygen atoms in total. The number of aromatic nitrogens is 4. The fourth-order valence-electron chi connectivity index (χ4n) is 10.3. The highest BCUT2D eigenvalue weighted by molar-refractivity contribution is 6.16. The Morgan fingerprint density at radius 2 is 0.905 bits per heavy atom. The van der Waals surface area contributed by atoms with Crippen LogP contribution >= 0.6 is 0 Å². The van der Waals surface area contributed by atoms with E-state index in [1.165, 1.54) is 38.5 Å². The Morgan fingerprint density at radius 1 is 0.365 bits per heavy atom. The lowest BCUT2D eigenvalue weighted by molar-refractivity contribution is 0.436. The highest BCUT2D eigenvalue weighted by Gasteiger charge is 2.51. The SMILES string of the molecule is c1ccc(-c2nc(-c3ccccc3)nc(-c3ccccc3-c3cccc(-n4c5ccccc5c5ccc6c(c54)-c4ccccc4C64c5ccccc5Oc5ccccc54)c3)n2)cc1. The fraction of sp³-hybridized carbons (Fsp3) is 0.0172. The quantitative estimate of drug-likeness (QED) is 0.174. The maximum absolute atomic E-state index is 6.66. The van der Waals surface area contributed by atoms with Gasteiger partial charge in [-0.3, -0.25) is 0 Å². The van der Waals surface area contributed by atoms with E-state index in [-0.39, 0.29) is 0 Å². The van der Waals surface area contributed by atoms with Gasteiger partial charge in [0.1, 0.15) is 11.5 Å². The van der Waals surface area contributed by atoms with Crippen molar-refractivity contribution < 1.29 is 4.74 Å². The number of nitrogens with zero attached hydrogens (tertiary/aromatic N) is 4. The summed E-state index contributed by atoms with van der Waals surface area (Å²) in [7, 11) is 0. The van der Waals surface area contributed by atoms with Crippen LogP contribution < -0.4 is 4.74 Å². The van der Waals surface area contributed by atoms with Crippen molar-refractivity contribution in [3.63, 3.8) is 0 Å². The molecule has 0 saturated carbocycles. The largest absolute Gasteiger partial charge is 0.457 e. The van der Waals surface area contributed by atoms with Crippen LogP contribution in [0.15, 0.2) is 218 Å². The Bertz CT molecular complexity index is 3510. The number of hydrogen-bond donors (Lipinski definition) is 0. The van der Waals surface area contributed by atoms with Crippen LogP contribution in [0, 0.1) is 0 Å². The molecule has 0 unspecified atom stereocenters. The normalized spacial score (nSPS) is 13.0. The third kappa shape index (κ3) is 5.20. The molecule has 9 aromatic carbocycles. The van der Waals surface area contributed by atoms with Gasteiger partial charge in [-0.2, -0.15) is 0 Å². The Balaban J connectivity index is 1.05. The van der Waals surface area contributed by atoms with Crippen molar-refractivity contribution in [1.82, 2.24) is 19.5 Å². The first-order valence-electron chi connectivity index (χ1n) is 21.4. The summed E-state index contributed by atoms with van der Waals surface area (Å²) in [6, 6.07) is 77.3. The zero-order chi connectivity index (χ0) is 41.5. The summed E-state index contributed by atoms with van der Waals surface area (Å²) < 4.78 is 9.14. The zero-order valence-electron chi connectivity index (χ0n) is 34.0. The van der Waals surface area contributed by atoms with E-state index in [1.807, 2.05) is 60.7 Å². The van der Waals surface area contributed by atoms with Crippen molar-refractivity contribution in [2.75, 3.05) is 0 Å². The number of fused-ring (bicyclic) bond motifs is 13. The lowest BCUT2D eigenvalue weighted by Gasteiger charge is -2.39. The fourth-order valence-corrected chi connectivity index (χ4v) is 10.3. The van der Waals surface area contributed by atoms with Crippen molar-refractivity contribution in [3.05, 3.63) is 241 Å². The van der Waals surface area contributed by atoms with Crippen LogP contribution in [0.1, 0.15) is 22.3 Å². The predicted octanol–water partition coefficient (Wildman–Crippen LogP) is 14.1. The molecule has 3 heterocycles.